The summed E-state index contributed by atoms with van der Waals surface area (Å²) in [5.41, 5.74) is 4.07. The van der Waals surface area contributed by atoms with Gasteiger partial charge < -0.3 is 9.30 Å². The standard InChI is InChI=1S/C23H22N4O2S/c1-15-9-10-18(13-16(15)2)29-14-19(28)25-23-26-20(17-7-5-4-6-8-17)21(30-23)22-24-11-12-27(22)3/h4-13H,14H2,1-3H3,(H,25,26,28). The summed E-state index contributed by atoms with van der Waals surface area (Å²) in [7, 11) is 1.94. The maximum atomic E-state index is 12.5. The van der Waals surface area contributed by atoms with Gasteiger partial charge in [-0.1, -0.05) is 47.7 Å². The smallest absolute Gasteiger partial charge is 0.264 e. The van der Waals surface area contributed by atoms with Gasteiger partial charge in [-0.15, -0.1) is 0 Å². The minimum Gasteiger partial charge on any atom is -0.484 e. The minimum atomic E-state index is -0.256. The first kappa shape index (κ1) is 19.8. The zero-order valence-corrected chi connectivity index (χ0v) is 17.9. The lowest BCUT2D eigenvalue weighted by Crippen LogP contribution is -2.20. The van der Waals surface area contributed by atoms with Crippen LogP contribution in [0.3, 0.4) is 0 Å². The van der Waals surface area contributed by atoms with Gasteiger partial charge >= 0.3 is 0 Å². The Morgan fingerprint density at radius 2 is 1.93 bits per heavy atom. The lowest BCUT2D eigenvalue weighted by atomic mass is 10.1. The Bertz CT molecular complexity index is 1180. The first-order valence-electron chi connectivity index (χ1n) is 9.55. The molecular weight excluding hydrogens is 396 g/mol. The number of aryl methyl sites for hydroxylation is 3. The van der Waals surface area contributed by atoms with E-state index in [4.69, 9.17) is 4.74 Å². The van der Waals surface area contributed by atoms with Crippen LogP contribution in [0, 0.1) is 13.8 Å². The summed E-state index contributed by atoms with van der Waals surface area (Å²) in [6.07, 6.45) is 3.64. The van der Waals surface area contributed by atoms with Gasteiger partial charge in [0.05, 0.1) is 10.6 Å². The molecule has 4 aromatic rings. The van der Waals surface area contributed by atoms with Crippen LogP contribution >= 0.6 is 11.3 Å². The van der Waals surface area contributed by atoms with E-state index < -0.39 is 0 Å². The van der Waals surface area contributed by atoms with Gasteiger partial charge in [0.25, 0.3) is 5.91 Å². The zero-order valence-electron chi connectivity index (χ0n) is 17.0. The van der Waals surface area contributed by atoms with Crippen LogP contribution in [0.2, 0.25) is 0 Å². The largest absolute Gasteiger partial charge is 0.484 e. The van der Waals surface area contributed by atoms with Crippen LogP contribution in [0.25, 0.3) is 22.0 Å². The van der Waals surface area contributed by atoms with E-state index in [1.807, 2.05) is 80.2 Å². The number of nitrogens with zero attached hydrogens (tertiary/aromatic N) is 3. The third kappa shape index (κ3) is 4.26. The van der Waals surface area contributed by atoms with Crippen molar-refractivity contribution in [3.63, 3.8) is 0 Å². The van der Waals surface area contributed by atoms with Crippen molar-refractivity contribution in [1.29, 1.82) is 0 Å². The first-order chi connectivity index (χ1) is 14.5. The number of benzene rings is 2. The highest BCUT2D eigenvalue weighted by atomic mass is 32.1. The van der Waals surface area contributed by atoms with Crippen LogP contribution in [-0.2, 0) is 11.8 Å². The van der Waals surface area contributed by atoms with E-state index in [0.717, 1.165) is 27.5 Å². The molecule has 0 fully saturated rings. The van der Waals surface area contributed by atoms with Gasteiger partial charge in [0.15, 0.2) is 17.6 Å². The Hall–Kier alpha value is -3.45. The molecular formula is C23H22N4O2S. The summed E-state index contributed by atoms with van der Waals surface area (Å²) in [6.45, 7) is 3.97. The molecule has 0 radical (unpaired) electrons. The molecule has 7 heteroatoms. The van der Waals surface area contributed by atoms with Gasteiger partial charge in [-0.05, 0) is 37.1 Å². The SMILES string of the molecule is Cc1ccc(OCC(=O)Nc2nc(-c3ccccc3)c(-c3nccn3C)s2)cc1C. The molecule has 1 N–H and O–H groups in total. The molecule has 0 bridgehead atoms. The molecule has 152 valence electrons. The molecule has 1 amide bonds. The van der Waals surface area contributed by atoms with Crippen molar-refractivity contribution in [3.8, 4) is 27.7 Å². The molecule has 0 saturated carbocycles. The average molecular weight is 419 g/mol. The molecule has 0 unspecified atom stereocenters. The second-order valence-corrected chi connectivity index (χ2v) is 8.01. The van der Waals surface area contributed by atoms with E-state index in [1.165, 1.54) is 16.9 Å². The highest BCUT2D eigenvalue weighted by molar-refractivity contribution is 7.19. The van der Waals surface area contributed by atoms with Crippen molar-refractivity contribution < 1.29 is 9.53 Å². The molecule has 4 rings (SSSR count). The number of carbonyl (C=O) groups is 1. The monoisotopic (exact) mass is 418 g/mol. The van der Waals surface area contributed by atoms with Crippen LogP contribution in [0.5, 0.6) is 5.75 Å². The van der Waals surface area contributed by atoms with Gasteiger partial charge in [-0.25, -0.2) is 9.97 Å². The molecule has 0 aliphatic carbocycles. The fraction of sp³-hybridized carbons (Fsp3) is 0.174. The van der Waals surface area contributed by atoms with Gasteiger partial charge in [0.1, 0.15) is 5.75 Å². The van der Waals surface area contributed by atoms with Crippen LogP contribution < -0.4 is 10.1 Å². The van der Waals surface area contributed by atoms with Crippen molar-refractivity contribution in [2.45, 2.75) is 13.8 Å². The lowest BCUT2D eigenvalue weighted by molar-refractivity contribution is -0.118. The van der Waals surface area contributed by atoms with Crippen LogP contribution in [0.1, 0.15) is 11.1 Å². The first-order valence-corrected chi connectivity index (χ1v) is 10.4. The van der Waals surface area contributed by atoms with E-state index in [0.29, 0.717) is 10.9 Å². The Kier molecular flexibility index (Phi) is 5.63. The normalized spacial score (nSPS) is 10.8. The fourth-order valence-electron chi connectivity index (χ4n) is 3.01. The maximum Gasteiger partial charge on any atom is 0.264 e. The molecule has 0 atom stereocenters. The predicted molar refractivity (Wildman–Crippen MR) is 120 cm³/mol. The molecule has 6 nitrogen and oxygen atoms in total. The van der Waals surface area contributed by atoms with E-state index in [1.54, 1.807) is 6.20 Å². The summed E-state index contributed by atoms with van der Waals surface area (Å²) in [5.74, 6) is 1.22. The van der Waals surface area contributed by atoms with Crippen LogP contribution in [-0.4, -0.2) is 27.0 Å². The van der Waals surface area contributed by atoms with E-state index >= 15 is 0 Å². The number of hydrogen-bond acceptors (Lipinski definition) is 5. The van der Waals surface area contributed by atoms with Crippen molar-refractivity contribution in [1.82, 2.24) is 14.5 Å². The summed E-state index contributed by atoms with van der Waals surface area (Å²) in [5, 5.41) is 3.37. The molecule has 2 aromatic carbocycles. The molecule has 0 aliphatic rings. The second kappa shape index (κ2) is 8.51. The number of amides is 1. The molecule has 0 saturated heterocycles. The number of ether oxygens (including phenoxy) is 1. The van der Waals surface area contributed by atoms with E-state index in [-0.39, 0.29) is 12.5 Å². The lowest BCUT2D eigenvalue weighted by Gasteiger charge is -2.07. The number of rotatable bonds is 6. The third-order valence-electron chi connectivity index (χ3n) is 4.79. The number of hydrogen-bond donors (Lipinski definition) is 1. The Morgan fingerprint density at radius 1 is 1.13 bits per heavy atom. The van der Waals surface area contributed by atoms with Crippen molar-refractivity contribution in [2.24, 2.45) is 7.05 Å². The molecule has 2 aromatic heterocycles. The zero-order chi connectivity index (χ0) is 21.1. The second-order valence-electron chi connectivity index (χ2n) is 7.01. The van der Waals surface area contributed by atoms with E-state index in [9.17, 15) is 4.79 Å². The van der Waals surface area contributed by atoms with Gasteiger partial charge in [-0.3, -0.25) is 10.1 Å². The number of carbonyl (C=O) groups excluding carboxylic acids is 1. The quantitative estimate of drug-likeness (QED) is 0.486. The van der Waals surface area contributed by atoms with Gasteiger partial charge in [-0.2, -0.15) is 0 Å². The average Bonchev–Trinajstić information content (AvgIpc) is 3.35. The molecule has 30 heavy (non-hydrogen) atoms. The Morgan fingerprint density at radius 3 is 2.63 bits per heavy atom. The summed E-state index contributed by atoms with van der Waals surface area (Å²) in [6, 6.07) is 15.7. The van der Waals surface area contributed by atoms with Crippen molar-refractivity contribution in [3.05, 3.63) is 72.1 Å². The third-order valence-corrected chi connectivity index (χ3v) is 5.76. The molecule has 2 heterocycles. The van der Waals surface area contributed by atoms with Crippen molar-refractivity contribution >= 4 is 22.4 Å². The van der Waals surface area contributed by atoms with Crippen molar-refractivity contribution in [2.75, 3.05) is 11.9 Å². The topological polar surface area (TPSA) is 69.0 Å². The summed E-state index contributed by atoms with van der Waals surface area (Å²) >= 11 is 1.40. The number of imidazole rings is 1. The van der Waals surface area contributed by atoms with Crippen LogP contribution in [0.15, 0.2) is 60.9 Å². The van der Waals surface area contributed by atoms with Crippen LogP contribution in [0.4, 0.5) is 5.13 Å². The highest BCUT2D eigenvalue weighted by Gasteiger charge is 2.19. The number of aromatic nitrogens is 3. The predicted octanol–water partition coefficient (Wildman–Crippen LogP) is 4.84. The molecule has 0 spiro atoms. The number of thiazole rings is 1. The van der Waals surface area contributed by atoms with Gasteiger partial charge in [0, 0.05) is 25.0 Å². The van der Waals surface area contributed by atoms with E-state index in [2.05, 4.69) is 15.3 Å². The molecule has 0 aliphatic heterocycles. The Labute approximate surface area is 179 Å². The number of anilines is 1. The fourth-order valence-corrected chi connectivity index (χ4v) is 4.05. The maximum absolute atomic E-state index is 12.5. The van der Waals surface area contributed by atoms with Gasteiger partial charge in [0.2, 0.25) is 0 Å². The summed E-state index contributed by atoms with van der Waals surface area (Å²) < 4.78 is 7.58. The minimum absolute atomic E-state index is 0.0828. The number of nitrogens with one attached hydrogen (secondary N) is 1. The Balaban J connectivity index is 1.54. The highest BCUT2D eigenvalue weighted by Crippen LogP contribution is 2.38. The summed E-state index contributed by atoms with van der Waals surface area (Å²) in [4.78, 5) is 22.5.